The Kier molecular flexibility index (Phi) is 4.79. The van der Waals surface area contributed by atoms with E-state index in [1.54, 1.807) is 0 Å². The summed E-state index contributed by atoms with van der Waals surface area (Å²) >= 11 is 0. The van der Waals surface area contributed by atoms with Gasteiger partial charge in [-0.15, -0.1) is 0 Å². The van der Waals surface area contributed by atoms with Crippen LogP contribution < -0.4 is 4.90 Å². The molecule has 4 heteroatoms. The van der Waals surface area contributed by atoms with Crippen molar-refractivity contribution < 1.29 is 9.47 Å². The molecule has 1 atom stereocenters. The van der Waals surface area contributed by atoms with Gasteiger partial charge in [-0.2, -0.15) is 0 Å². The number of likely N-dealkylation sites (N-methyl/N-ethyl adjacent to an activating group) is 1. The molecular formula is C20H30N2O2. The zero-order chi connectivity index (χ0) is 16.4. The van der Waals surface area contributed by atoms with Crippen molar-refractivity contribution in [3.63, 3.8) is 0 Å². The molecule has 3 aliphatic heterocycles. The number of nitrogens with zero attached hydrogens (tertiary/aromatic N) is 2. The third-order valence-corrected chi connectivity index (χ3v) is 6.19. The van der Waals surface area contributed by atoms with E-state index >= 15 is 0 Å². The van der Waals surface area contributed by atoms with Crippen molar-refractivity contribution in [2.75, 3.05) is 44.4 Å². The number of anilines is 1. The van der Waals surface area contributed by atoms with E-state index in [4.69, 9.17) is 9.47 Å². The highest BCUT2D eigenvalue weighted by Crippen LogP contribution is 2.38. The topological polar surface area (TPSA) is 24.9 Å². The highest BCUT2D eigenvalue weighted by atomic mass is 16.5. The van der Waals surface area contributed by atoms with Crippen LogP contribution >= 0.6 is 0 Å². The van der Waals surface area contributed by atoms with Gasteiger partial charge in [0, 0.05) is 31.4 Å². The number of hydrogen-bond acceptors (Lipinski definition) is 4. The van der Waals surface area contributed by atoms with E-state index in [-0.39, 0.29) is 5.60 Å². The Labute approximate surface area is 145 Å². The van der Waals surface area contributed by atoms with Gasteiger partial charge in [-0.3, -0.25) is 4.90 Å². The first-order valence-corrected chi connectivity index (χ1v) is 9.57. The Morgan fingerprint density at radius 3 is 2.50 bits per heavy atom. The Morgan fingerprint density at radius 1 is 1.12 bits per heavy atom. The van der Waals surface area contributed by atoms with E-state index in [0.717, 1.165) is 52.3 Å². The second-order valence-electron chi connectivity index (χ2n) is 7.52. The van der Waals surface area contributed by atoms with Gasteiger partial charge in [-0.25, -0.2) is 0 Å². The molecule has 132 valence electrons. The molecule has 1 spiro atoms. The van der Waals surface area contributed by atoms with Gasteiger partial charge in [0.25, 0.3) is 0 Å². The normalized spacial score (nSPS) is 27.4. The van der Waals surface area contributed by atoms with Crippen LogP contribution in [0.5, 0.6) is 0 Å². The molecule has 0 bridgehead atoms. The molecule has 4 nitrogen and oxygen atoms in total. The summed E-state index contributed by atoms with van der Waals surface area (Å²) in [5, 5.41) is 0. The van der Waals surface area contributed by atoms with Crippen LogP contribution in [0.4, 0.5) is 5.69 Å². The van der Waals surface area contributed by atoms with Crippen molar-refractivity contribution in [1.82, 2.24) is 4.90 Å². The summed E-state index contributed by atoms with van der Waals surface area (Å²) in [6.45, 7) is 8.38. The molecule has 3 fully saturated rings. The number of piperidine rings is 1. The molecule has 3 aliphatic rings. The van der Waals surface area contributed by atoms with E-state index in [9.17, 15) is 0 Å². The summed E-state index contributed by atoms with van der Waals surface area (Å²) in [6.07, 6.45) is 4.67. The molecule has 0 aromatic heterocycles. The molecular weight excluding hydrogens is 300 g/mol. The van der Waals surface area contributed by atoms with Gasteiger partial charge < -0.3 is 14.4 Å². The van der Waals surface area contributed by atoms with Crippen LogP contribution in [0.1, 0.15) is 32.6 Å². The fourth-order valence-corrected chi connectivity index (χ4v) is 4.67. The van der Waals surface area contributed by atoms with E-state index in [0.29, 0.717) is 12.1 Å². The fraction of sp³-hybridized carbons (Fsp3) is 0.700. The predicted molar refractivity (Wildman–Crippen MR) is 96.6 cm³/mol. The molecule has 0 saturated carbocycles. The Morgan fingerprint density at radius 2 is 1.88 bits per heavy atom. The highest BCUT2D eigenvalue weighted by Gasteiger charge is 2.43. The largest absolute Gasteiger partial charge is 0.378 e. The maximum absolute atomic E-state index is 6.36. The average molecular weight is 330 g/mol. The average Bonchev–Trinajstić information content (AvgIpc) is 2.59. The van der Waals surface area contributed by atoms with E-state index in [1.165, 1.54) is 18.5 Å². The van der Waals surface area contributed by atoms with Crippen LogP contribution in [0.3, 0.4) is 0 Å². The van der Waals surface area contributed by atoms with Crippen molar-refractivity contribution in [2.24, 2.45) is 0 Å². The van der Waals surface area contributed by atoms with E-state index in [2.05, 4.69) is 47.1 Å². The first-order valence-electron chi connectivity index (χ1n) is 9.57. The summed E-state index contributed by atoms with van der Waals surface area (Å²) in [6, 6.07) is 12.1. The van der Waals surface area contributed by atoms with E-state index in [1.807, 2.05) is 0 Å². The summed E-state index contributed by atoms with van der Waals surface area (Å²) in [4.78, 5) is 5.19. The lowest BCUT2D eigenvalue weighted by Crippen LogP contribution is -2.59. The molecule has 0 aliphatic carbocycles. The zero-order valence-electron chi connectivity index (χ0n) is 14.8. The van der Waals surface area contributed by atoms with Gasteiger partial charge in [0.15, 0.2) is 0 Å². The first-order chi connectivity index (χ1) is 11.8. The summed E-state index contributed by atoms with van der Waals surface area (Å²) < 4.78 is 11.8. The smallest absolute Gasteiger partial charge is 0.0731 e. The van der Waals surface area contributed by atoms with E-state index < -0.39 is 0 Å². The number of ether oxygens (including phenoxy) is 2. The standard InChI is InChI=1S/C20H30N2O2/c1-2-22(19-15-23-16-19)18-8-13-24-20(14-18)9-11-21(12-10-20)17-6-4-3-5-7-17/h3-7,18-19H,2,8-16H2,1H3. The summed E-state index contributed by atoms with van der Waals surface area (Å²) in [5.41, 5.74) is 1.45. The lowest BCUT2D eigenvalue weighted by molar-refractivity contribution is -0.143. The maximum Gasteiger partial charge on any atom is 0.0731 e. The lowest BCUT2D eigenvalue weighted by atomic mass is 9.81. The highest BCUT2D eigenvalue weighted by molar-refractivity contribution is 5.46. The van der Waals surface area contributed by atoms with Crippen LogP contribution in [-0.2, 0) is 9.47 Å². The van der Waals surface area contributed by atoms with Crippen LogP contribution in [-0.4, -0.2) is 62.0 Å². The third kappa shape index (κ3) is 3.19. The van der Waals surface area contributed by atoms with Crippen LogP contribution in [0, 0.1) is 0 Å². The molecule has 1 aromatic carbocycles. The first kappa shape index (κ1) is 16.4. The molecule has 1 aromatic rings. The number of benzene rings is 1. The zero-order valence-corrected chi connectivity index (χ0v) is 14.8. The third-order valence-electron chi connectivity index (χ3n) is 6.19. The SMILES string of the molecule is CCN(C1COC1)C1CCOC2(CCN(c3ccccc3)CC2)C1. The second kappa shape index (κ2) is 7.03. The number of rotatable bonds is 4. The Hall–Kier alpha value is -1.10. The van der Waals surface area contributed by atoms with Crippen LogP contribution in [0.15, 0.2) is 30.3 Å². The minimum absolute atomic E-state index is 0.103. The van der Waals surface area contributed by atoms with Gasteiger partial charge in [0.2, 0.25) is 0 Å². The minimum atomic E-state index is 0.103. The fourth-order valence-electron chi connectivity index (χ4n) is 4.67. The molecule has 0 amide bonds. The summed E-state index contributed by atoms with van der Waals surface area (Å²) in [5.74, 6) is 0. The van der Waals surface area contributed by atoms with Crippen molar-refractivity contribution in [3.8, 4) is 0 Å². The number of para-hydroxylation sites is 1. The molecule has 3 saturated heterocycles. The van der Waals surface area contributed by atoms with Crippen molar-refractivity contribution in [2.45, 2.75) is 50.3 Å². The lowest BCUT2D eigenvalue weighted by Gasteiger charge is -2.51. The second-order valence-corrected chi connectivity index (χ2v) is 7.52. The monoisotopic (exact) mass is 330 g/mol. The quantitative estimate of drug-likeness (QED) is 0.847. The van der Waals surface area contributed by atoms with Crippen LogP contribution in [0.25, 0.3) is 0 Å². The Bertz CT molecular complexity index is 524. The van der Waals surface area contributed by atoms with Gasteiger partial charge >= 0.3 is 0 Å². The predicted octanol–water partition coefficient (Wildman–Crippen LogP) is 2.93. The van der Waals surface area contributed by atoms with Crippen molar-refractivity contribution in [1.29, 1.82) is 0 Å². The van der Waals surface area contributed by atoms with Gasteiger partial charge in [0.1, 0.15) is 0 Å². The Balaban J connectivity index is 1.39. The summed E-state index contributed by atoms with van der Waals surface area (Å²) in [7, 11) is 0. The van der Waals surface area contributed by atoms with Crippen molar-refractivity contribution >= 4 is 5.69 Å². The molecule has 0 radical (unpaired) electrons. The molecule has 4 rings (SSSR count). The van der Waals surface area contributed by atoms with Gasteiger partial charge in [0.05, 0.1) is 24.9 Å². The van der Waals surface area contributed by atoms with Gasteiger partial charge in [-0.05, 0) is 44.4 Å². The molecule has 1 unspecified atom stereocenters. The molecule has 3 heterocycles. The molecule has 0 N–H and O–H groups in total. The minimum Gasteiger partial charge on any atom is -0.378 e. The van der Waals surface area contributed by atoms with Gasteiger partial charge in [-0.1, -0.05) is 25.1 Å². The number of hydrogen-bond donors (Lipinski definition) is 0. The maximum atomic E-state index is 6.36. The van der Waals surface area contributed by atoms with Crippen molar-refractivity contribution in [3.05, 3.63) is 30.3 Å². The van der Waals surface area contributed by atoms with Crippen LogP contribution in [0.2, 0.25) is 0 Å². The molecule has 24 heavy (non-hydrogen) atoms.